The second kappa shape index (κ2) is 8.14. The predicted molar refractivity (Wildman–Crippen MR) is 86.5 cm³/mol. The van der Waals surface area contributed by atoms with E-state index in [1.54, 1.807) is 12.1 Å². The van der Waals surface area contributed by atoms with Crippen LogP contribution >= 0.6 is 0 Å². The van der Waals surface area contributed by atoms with Crippen molar-refractivity contribution in [2.45, 2.75) is 31.1 Å². The number of hydrogen-bond donors (Lipinski definition) is 2. The van der Waals surface area contributed by atoms with Crippen molar-refractivity contribution in [2.24, 2.45) is 5.73 Å². The Morgan fingerprint density at radius 2 is 1.81 bits per heavy atom. The molecule has 118 valence electrons. The largest absolute Gasteiger partial charge is 0.384 e. The highest BCUT2D eigenvalue weighted by Crippen LogP contribution is 2.12. The van der Waals surface area contributed by atoms with E-state index >= 15 is 0 Å². The molecule has 0 unspecified atom stereocenters. The summed E-state index contributed by atoms with van der Waals surface area (Å²) in [5, 5.41) is 7.30. The molecule has 0 amide bonds. The summed E-state index contributed by atoms with van der Waals surface area (Å²) in [6, 6.07) is 6.17. The molecule has 1 aromatic carbocycles. The van der Waals surface area contributed by atoms with E-state index in [0.717, 1.165) is 19.4 Å². The van der Waals surface area contributed by atoms with Crippen LogP contribution in [0.1, 0.15) is 31.7 Å². The van der Waals surface area contributed by atoms with Gasteiger partial charge in [-0.2, -0.15) is 0 Å². The van der Waals surface area contributed by atoms with Gasteiger partial charge in [0.25, 0.3) is 0 Å². The number of rotatable bonds is 9. The van der Waals surface area contributed by atoms with Crippen LogP contribution in [0.4, 0.5) is 0 Å². The Bertz CT molecular complexity index is 553. The Labute approximate surface area is 127 Å². The first-order valence-electron chi connectivity index (χ1n) is 7.22. The number of nitrogens with one attached hydrogen (secondary N) is 1. The molecule has 0 heterocycles. The fourth-order valence-corrected chi connectivity index (χ4v) is 3.32. The average molecular weight is 311 g/mol. The van der Waals surface area contributed by atoms with Gasteiger partial charge in [0.2, 0.25) is 0 Å². The van der Waals surface area contributed by atoms with E-state index < -0.39 is 9.84 Å². The zero-order chi connectivity index (χ0) is 15.9. The van der Waals surface area contributed by atoms with Gasteiger partial charge in [0.15, 0.2) is 9.84 Å². The number of hydrogen-bond acceptors (Lipinski definition) is 4. The fraction of sp³-hybridized carbons (Fsp3) is 0.533. The minimum atomic E-state index is -3.28. The zero-order valence-corrected chi connectivity index (χ0v) is 13.6. The molecule has 6 heteroatoms. The zero-order valence-electron chi connectivity index (χ0n) is 12.8. The lowest BCUT2D eigenvalue weighted by atomic mass is 10.2. The molecule has 0 aliphatic carbocycles. The van der Waals surface area contributed by atoms with Crippen molar-refractivity contribution in [1.29, 1.82) is 5.41 Å². The highest BCUT2D eigenvalue weighted by molar-refractivity contribution is 7.91. The van der Waals surface area contributed by atoms with Crippen LogP contribution in [0.3, 0.4) is 0 Å². The molecule has 0 atom stereocenters. The highest BCUT2D eigenvalue weighted by atomic mass is 32.2. The maximum atomic E-state index is 12.2. The molecule has 0 aliphatic heterocycles. The smallest absolute Gasteiger partial charge is 0.179 e. The Balaban J connectivity index is 2.58. The maximum Gasteiger partial charge on any atom is 0.179 e. The molecule has 0 saturated carbocycles. The van der Waals surface area contributed by atoms with E-state index in [9.17, 15) is 8.42 Å². The van der Waals surface area contributed by atoms with Gasteiger partial charge in [-0.3, -0.25) is 5.41 Å². The minimum absolute atomic E-state index is 0.0606. The maximum absolute atomic E-state index is 12.2. The molecule has 0 spiro atoms. The van der Waals surface area contributed by atoms with Crippen LogP contribution < -0.4 is 5.73 Å². The lowest BCUT2D eigenvalue weighted by Gasteiger charge is -2.16. The van der Waals surface area contributed by atoms with Crippen molar-refractivity contribution < 1.29 is 8.42 Å². The summed E-state index contributed by atoms with van der Waals surface area (Å²) in [6.45, 7) is 3.60. The third kappa shape index (κ3) is 5.85. The van der Waals surface area contributed by atoms with Crippen LogP contribution in [0.15, 0.2) is 29.2 Å². The first kappa shape index (κ1) is 17.7. The van der Waals surface area contributed by atoms with Gasteiger partial charge in [-0.1, -0.05) is 31.9 Å². The van der Waals surface area contributed by atoms with Crippen LogP contribution in [0, 0.1) is 5.41 Å². The first-order valence-corrected chi connectivity index (χ1v) is 8.88. The molecule has 1 rings (SSSR count). The van der Waals surface area contributed by atoms with Gasteiger partial charge in [0.1, 0.15) is 5.84 Å². The molecule has 5 nitrogen and oxygen atoms in total. The van der Waals surface area contributed by atoms with Gasteiger partial charge in [0, 0.05) is 12.1 Å². The second-order valence-corrected chi connectivity index (χ2v) is 7.38. The molecule has 0 saturated heterocycles. The lowest BCUT2D eigenvalue weighted by molar-refractivity contribution is 0.343. The molecule has 0 aliphatic rings. The van der Waals surface area contributed by atoms with Crippen LogP contribution in [0.2, 0.25) is 0 Å². The number of benzene rings is 1. The fourth-order valence-electron chi connectivity index (χ4n) is 1.98. The molecular formula is C15H25N3O2S. The normalized spacial score (nSPS) is 11.8. The predicted octanol–water partition coefficient (Wildman–Crippen LogP) is 1.87. The number of nitrogens with two attached hydrogens (primary N) is 1. The first-order chi connectivity index (χ1) is 9.86. The molecule has 21 heavy (non-hydrogen) atoms. The van der Waals surface area contributed by atoms with Gasteiger partial charge in [-0.25, -0.2) is 8.42 Å². The lowest BCUT2D eigenvalue weighted by Crippen LogP contribution is -2.26. The highest BCUT2D eigenvalue weighted by Gasteiger charge is 2.15. The molecule has 0 bridgehead atoms. The minimum Gasteiger partial charge on any atom is -0.384 e. The number of nitrogens with zero attached hydrogens (tertiary/aromatic N) is 1. The summed E-state index contributed by atoms with van der Waals surface area (Å²) in [7, 11) is -1.33. The summed E-state index contributed by atoms with van der Waals surface area (Å²) in [4.78, 5) is 2.34. The van der Waals surface area contributed by atoms with E-state index in [-0.39, 0.29) is 16.5 Å². The topological polar surface area (TPSA) is 87.2 Å². The van der Waals surface area contributed by atoms with E-state index in [1.165, 1.54) is 18.6 Å². The van der Waals surface area contributed by atoms with Gasteiger partial charge < -0.3 is 10.6 Å². The molecular weight excluding hydrogens is 286 g/mol. The van der Waals surface area contributed by atoms with E-state index in [4.69, 9.17) is 11.1 Å². The monoisotopic (exact) mass is 311 g/mol. The van der Waals surface area contributed by atoms with Crippen LogP contribution in [0.25, 0.3) is 0 Å². The quantitative estimate of drug-likeness (QED) is 0.414. The van der Waals surface area contributed by atoms with Crippen molar-refractivity contribution in [1.82, 2.24) is 4.90 Å². The van der Waals surface area contributed by atoms with Crippen molar-refractivity contribution in [3.63, 3.8) is 0 Å². The molecule has 0 radical (unpaired) electrons. The summed E-state index contributed by atoms with van der Waals surface area (Å²) in [6.07, 6.45) is 3.43. The number of amidine groups is 1. The van der Waals surface area contributed by atoms with Crippen LogP contribution in [0.5, 0.6) is 0 Å². The van der Waals surface area contributed by atoms with E-state index in [1.807, 2.05) is 7.05 Å². The average Bonchev–Trinajstić information content (AvgIpc) is 2.45. The van der Waals surface area contributed by atoms with Gasteiger partial charge in [-0.05, 0) is 32.1 Å². The Hall–Kier alpha value is -1.40. The summed E-state index contributed by atoms with van der Waals surface area (Å²) in [5.41, 5.74) is 5.89. The molecule has 0 aromatic heterocycles. The van der Waals surface area contributed by atoms with Crippen molar-refractivity contribution in [3.05, 3.63) is 29.8 Å². The van der Waals surface area contributed by atoms with Crippen LogP contribution in [-0.4, -0.2) is 45.0 Å². The van der Waals surface area contributed by atoms with Crippen molar-refractivity contribution >= 4 is 15.7 Å². The Morgan fingerprint density at radius 1 is 1.19 bits per heavy atom. The molecule has 3 N–H and O–H groups in total. The number of unbranched alkanes of at least 4 members (excludes halogenated alkanes) is 2. The standard InChI is InChI=1S/C15H25N3O2S/c1-3-4-5-10-18(2)11-12-21(19,20)14-8-6-13(7-9-14)15(16)17/h6-9H,3-5,10-12H2,1-2H3,(H3,16,17). The number of nitrogen functional groups attached to an aromatic ring is 1. The van der Waals surface area contributed by atoms with Gasteiger partial charge in [-0.15, -0.1) is 0 Å². The third-order valence-electron chi connectivity index (χ3n) is 3.41. The SMILES string of the molecule is CCCCCN(C)CCS(=O)(=O)c1ccc(C(=N)N)cc1. The summed E-state index contributed by atoms with van der Waals surface area (Å²) >= 11 is 0. The Kier molecular flexibility index (Phi) is 6.84. The van der Waals surface area contributed by atoms with Gasteiger partial charge >= 0.3 is 0 Å². The van der Waals surface area contributed by atoms with Crippen LogP contribution in [-0.2, 0) is 9.84 Å². The molecule has 0 fully saturated rings. The third-order valence-corrected chi connectivity index (χ3v) is 5.12. The molecule has 1 aromatic rings. The van der Waals surface area contributed by atoms with E-state index in [2.05, 4.69) is 11.8 Å². The van der Waals surface area contributed by atoms with Gasteiger partial charge in [0.05, 0.1) is 10.6 Å². The number of sulfone groups is 1. The van der Waals surface area contributed by atoms with E-state index in [0.29, 0.717) is 12.1 Å². The van der Waals surface area contributed by atoms with Crippen molar-refractivity contribution in [3.8, 4) is 0 Å². The summed E-state index contributed by atoms with van der Waals surface area (Å²) < 4.78 is 24.5. The Morgan fingerprint density at radius 3 is 2.33 bits per heavy atom. The second-order valence-electron chi connectivity index (χ2n) is 5.27. The van der Waals surface area contributed by atoms with Crippen molar-refractivity contribution in [2.75, 3.05) is 25.9 Å². The summed E-state index contributed by atoms with van der Waals surface area (Å²) in [5.74, 6) is 0.0456.